The summed E-state index contributed by atoms with van der Waals surface area (Å²) in [6.07, 6.45) is 4.56. The molecule has 0 spiro atoms. The fourth-order valence-electron chi connectivity index (χ4n) is 8.69. The lowest BCUT2D eigenvalue weighted by Gasteiger charge is -2.45. The van der Waals surface area contributed by atoms with Crippen molar-refractivity contribution in [2.45, 2.75) is 69.4 Å². The van der Waals surface area contributed by atoms with Crippen molar-refractivity contribution in [3.63, 3.8) is 0 Å². The molecule has 3 aliphatic heterocycles. The molecule has 57 heavy (non-hydrogen) atoms. The van der Waals surface area contributed by atoms with Gasteiger partial charge in [-0.05, 0) is 128 Å². The minimum Gasteiger partial charge on any atom is -0.506 e. The number of aromatic nitrogens is 1. The fourth-order valence-corrected chi connectivity index (χ4v) is 8.69. The summed E-state index contributed by atoms with van der Waals surface area (Å²) in [5, 5.41) is 28.5. The van der Waals surface area contributed by atoms with E-state index in [1.54, 1.807) is 12.1 Å². The van der Waals surface area contributed by atoms with Gasteiger partial charge >= 0.3 is 5.97 Å². The molecule has 1 aromatic heterocycles. The SMILES string of the molecule is O=C(OC1CN2CCC1CC2)C1(NCc2cccc(OCc3cccc(OCCCCNC[C@H](O)c4ccc(O)c5[nH]c(=O)ccc45)c3)c2)CCc2ccccc21. The van der Waals surface area contributed by atoms with E-state index in [4.69, 9.17) is 14.2 Å². The maximum atomic E-state index is 14.1. The summed E-state index contributed by atoms with van der Waals surface area (Å²) < 4.78 is 18.6. The van der Waals surface area contributed by atoms with Gasteiger partial charge in [-0.3, -0.25) is 15.0 Å². The second kappa shape index (κ2) is 17.5. The van der Waals surface area contributed by atoms with Gasteiger partial charge in [0.1, 0.15) is 35.5 Å². The molecule has 3 atom stereocenters. The number of aliphatic hydroxyl groups excluding tert-OH is 1. The molecule has 11 nitrogen and oxygen atoms in total. The Morgan fingerprint density at radius 1 is 0.912 bits per heavy atom. The molecule has 4 heterocycles. The molecular formula is C46H52N4O7. The van der Waals surface area contributed by atoms with Crippen LogP contribution in [0.4, 0.5) is 0 Å². The van der Waals surface area contributed by atoms with Crippen molar-refractivity contribution in [3.8, 4) is 17.2 Å². The highest BCUT2D eigenvalue weighted by Gasteiger charge is 2.48. The summed E-state index contributed by atoms with van der Waals surface area (Å²) in [6, 6.07) is 30.4. The van der Waals surface area contributed by atoms with E-state index in [0.29, 0.717) is 61.7 Å². The van der Waals surface area contributed by atoms with Gasteiger partial charge in [0.2, 0.25) is 5.56 Å². The third-order valence-corrected chi connectivity index (χ3v) is 11.9. The first-order valence-electron chi connectivity index (χ1n) is 20.3. The third-order valence-electron chi connectivity index (χ3n) is 11.9. The number of unbranched alkanes of at least 4 members (excludes halogenated alkanes) is 1. The molecule has 1 aliphatic carbocycles. The Morgan fingerprint density at radius 2 is 1.70 bits per heavy atom. The van der Waals surface area contributed by atoms with Gasteiger partial charge in [-0.1, -0.05) is 54.6 Å². The van der Waals surface area contributed by atoms with Crippen LogP contribution in [0.3, 0.4) is 0 Å². The standard InChI is InChI=1S/C46H52N4O7/c51-40-15-13-37(38-14-16-43(53)49-44(38)40)41(52)28-47-21-3-4-24-55-35-10-6-8-32(26-35)30-56-36-11-5-7-31(25-36)27-48-46(20-17-33-9-1-2-12-39(33)46)45(54)57-42-29-50-22-18-34(42)19-23-50/h1-2,5-16,25-26,34,41-42,47-48,51-52H,3-4,17-24,27-30H2,(H,49,53)/t41-,42?,46?/m0/s1. The molecule has 3 saturated heterocycles. The van der Waals surface area contributed by atoms with Crippen LogP contribution < -0.4 is 25.7 Å². The second-order valence-electron chi connectivity index (χ2n) is 15.6. The molecule has 2 unspecified atom stereocenters. The Balaban J connectivity index is 0.794. The third kappa shape index (κ3) is 8.87. The Morgan fingerprint density at radius 3 is 2.53 bits per heavy atom. The van der Waals surface area contributed by atoms with Crippen LogP contribution in [0, 0.1) is 5.92 Å². The van der Waals surface area contributed by atoms with E-state index in [9.17, 15) is 19.8 Å². The molecule has 298 valence electrons. The van der Waals surface area contributed by atoms with Crippen molar-refractivity contribution >= 4 is 16.9 Å². The molecule has 0 amide bonds. The van der Waals surface area contributed by atoms with Crippen LogP contribution in [0.1, 0.15) is 66.0 Å². The number of carbonyl (C=O) groups excluding carboxylic acids is 1. The number of hydrogen-bond donors (Lipinski definition) is 5. The Labute approximate surface area is 333 Å². The number of pyridine rings is 1. The van der Waals surface area contributed by atoms with Crippen LogP contribution >= 0.6 is 0 Å². The zero-order valence-electron chi connectivity index (χ0n) is 32.3. The normalized spacial score (nSPS) is 21.6. The van der Waals surface area contributed by atoms with E-state index in [0.717, 1.165) is 79.9 Å². The molecule has 5 aromatic rings. The number of ether oxygens (including phenoxy) is 3. The molecule has 9 rings (SSSR count). The average Bonchev–Trinajstić information content (AvgIpc) is 3.62. The first kappa shape index (κ1) is 38.7. The summed E-state index contributed by atoms with van der Waals surface area (Å²) in [7, 11) is 0. The minimum atomic E-state index is -0.881. The zero-order chi connectivity index (χ0) is 39.2. The smallest absolute Gasteiger partial charge is 0.331 e. The van der Waals surface area contributed by atoms with Gasteiger partial charge in [-0.2, -0.15) is 0 Å². The molecule has 0 radical (unpaired) electrons. The number of esters is 1. The number of H-pyrrole nitrogens is 1. The van der Waals surface area contributed by atoms with Gasteiger partial charge in [0.15, 0.2) is 0 Å². The van der Waals surface area contributed by atoms with Crippen molar-refractivity contribution in [2.24, 2.45) is 5.92 Å². The number of rotatable bonds is 17. The number of aliphatic hydroxyl groups is 1. The maximum absolute atomic E-state index is 14.1. The summed E-state index contributed by atoms with van der Waals surface area (Å²) in [6.45, 7) is 5.52. The van der Waals surface area contributed by atoms with Crippen molar-refractivity contribution in [1.29, 1.82) is 0 Å². The average molecular weight is 773 g/mol. The Hall–Kier alpha value is -5.20. The number of piperidine rings is 3. The molecule has 0 saturated carbocycles. The minimum absolute atomic E-state index is 0.0288. The monoisotopic (exact) mass is 772 g/mol. The van der Waals surface area contributed by atoms with Crippen LogP contribution in [-0.4, -0.2) is 71.5 Å². The van der Waals surface area contributed by atoms with Gasteiger partial charge in [0.25, 0.3) is 0 Å². The predicted molar refractivity (Wildman–Crippen MR) is 218 cm³/mol. The van der Waals surface area contributed by atoms with Crippen molar-refractivity contribution in [3.05, 3.63) is 135 Å². The number of benzene rings is 4. The van der Waals surface area contributed by atoms with Crippen molar-refractivity contribution < 1.29 is 29.2 Å². The number of hydrogen-bond acceptors (Lipinski definition) is 10. The van der Waals surface area contributed by atoms with Crippen LogP contribution in [0.15, 0.2) is 102 Å². The number of carbonyl (C=O) groups is 1. The van der Waals surface area contributed by atoms with Gasteiger partial charge in [-0.25, -0.2) is 4.79 Å². The first-order valence-corrected chi connectivity index (χ1v) is 20.3. The number of phenolic OH excluding ortho intramolecular Hbond substituents is 1. The van der Waals surface area contributed by atoms with Gasteiger partial charge in [-0.15, -0.1) is 0 Å². The molecule has 4 aromatic carbocycles. The molecule has 5 N–H and O–H groups in total. The lowest BCUT2D eigenvalue weighted by atomic mass is 9.85. The van der Waals surface area contributed by atoms with Crippen LogP contribution in [0.5, 0.6) is 17.2 Å². The van der Waals surface area contributed by atoms with Gasteiger partial charge in [0.05, 0.1) is 18.2 Å². The zero-order valence-corrected chi connectivity index (χ0v) is 32.3. The molecule has 2 bridgehead atoms. The number of phenols is 1. The van der Waals surface area contributed by atoms with Crippen molar-refractivity contribution in [1.82, 2.24) is 20.5 Å². The Kier molecular flexibility index (Phi) is 11.9. The topological polar surface area (TPSA) is 145 Å². The molecule has 11 heteroatoms. The lowest BCUT2D eigenvalue weighted by molar-refractivity contribution is -0.167. The quantitative estimate of drug-likeness (QED) is 0.0576. The van der Waals surface area contributed by atoms with Gasteiger partial charge < -0.3 is 34.7 Å². The molecule has 4 aliphatic rings. The van der Waals surface area contributed by atoms with Crippen LogP contribution in [-0.2, 0) is 34.6 Å². The van der Waals surface area contributed by atoms with Crippen molar-refractivity contribution in [2.75, 3.05) is 39.3 Å². The highest BCUT2D eigenvalue weighted by atomic mass is 16.5. The Bertz CT molecular complexity index is 2230. The summed E-state index contributed by atoms with van der Waals surface area (Å²) in [4.78, 5) is 30.9. The number of aryl methyl sites for hydroxylation is 1. The summed E-state index contributed by atoms with van der Waals surface area (Å²) in [5.74, 6) is 1.80. The summed E-state index contributed by atoms with van der Waals surface area (Å²) >= 11 is 0. The van der Waals surface area contributed by atoms with E-state index in [1.807, 2.05) is 54.6 Å². The van der Waals surface area contributed by atoms with Crippen LogP contribution in [0.25, 0.3) is 10.9 Å². The predicted octanol–water partition coefficient (Wildman–Crippen LogP) is 5.86. The van der Waals surface area contributed by atoms with E-state index in [1.165, 1.54) is 17.7 Å². The second-order valence-corrected chi connectivity index (χ2v) is 15.6. The van der Waals surface area contributed by atoms with E-state index >= 15 is 0 Å². The summed E-state index contributed by atoms with van der Waals surface area (Å²) in [5.41, 5.74) is 4.02. The number of nitrogens with zero attached hydrogens (tertiary/aromatic N) is 1. The van der Waals surface area contributed by atoms with E-state index < -0.39 is 11.6 Å². The van der Waals surface area contributed by atoms with E-state index in [-0.39, 0.29) is 23.4 Å². The molecule has 3 fully saturated rings. The number of aromatic amines is 1. The highest BCUT2D eigenvalue weighted by molar-refractivity contribution is 5.87. The van der Waals surface area contributed by atoms with Crippen LogP contribution in [0.2, 0.25) is 0 Å². The van der Waals surface area contributed by atoms with Gasteiger partial charge in [0, 0.05) is 31.1 Å². The number of aromatic hydroxyl groups is 1. The first-order chi connectivity index (χ1) is 27.8. The number of nitrogens with one attached hydrogen (secondary N) is 3. The lowest BCUT2D eigenvalue weighted by Crippen LogP contribution is -2.55. The highest BCUT2D eigenvalue weighted by Crippen LogP contribution is 2.40. The maximum Gasteiger partial charge on any atom is 0.331 e. The number of fused-ring (bicyclic) bond motifs is 5. The largest absolute Gasteiger partial charge is 0.506 e. The molecular weight excluding hydrogens is 721 g/mol. The fraction of sp³-hybridized carbons (Fsp3) is 0.391. The van der Waals surface area contributed by atoms with E-state index in [2.05, 4.69) is 38.7 Å².